The maximum atomic E-state index is 12.8. The average Bonchev–Trinajstić information content (AvgIpc) is 3.15. The number of nitrogens with zero attached hydrogens (tertiary/aromatic N) is 3. The van der Waals surface area contributed by atoms with Crippen LogP contribution >= 0.6 is 0 Å². The van der Waals surface area contributed by atoms with E-state index in [1.165, 1.54) is 4.90 Å². The summed E-state index contributed by atoms with van der Waals surface area (Å²) >= 11 is 0. The van der Waals surface area contributed by atoms with Gasteiger partial charge in [-0.2, -0.15) is 0 Å². The van der Waals surface area contributed by atoms with E-state index >= 15 is 0 Å². The van der Waals surface area contributed by atoms with Crippen molar-refractivity contribution in [2.75, 3.05) is 26.0 Å². The zero-order valence-electron chi connectivity index (χ0n) is 15.8. The molecule has 3 atom stereocenters. The molecule has 140 valence electrons. The largest absolute Gasteiger partial charge is 0.378 e. The minimum absolute atomic E-state index is 0.116. The molecule has 2 aliphatic rings. The van der Waals surface area contributed by atoms with Gasteiger partial charge in [0.15, 0.2) is 0 Å². The van der Waals surface area contributed by atoms with Crippen molar-refractivity contribution in [3.8, 4) is 0 Å². The lowest BCUT2D eigenvalue weighted by molar-refractivity contribution is -0.139. The number of carbonyl (C=O) groups is 2. The summed E-state index contributed by atoms with van der Waals surface area (Å²) in [6, 6.07) is 17.4. The first-order chi connectivity index (χ1) is 13.0. The van der Waals surface area contributed by atoms with Crippen LogP contribution in [0, 0.1) is 5.92 Å². The third-order valence-corrected chi connectivity index (χ3v) is 5.50. The number of imide groups is 1. The number of hydrazine groups is 1. The summed E-state index contributed by atoms with van der Waals surface area (Å²) in [6.45, 7) is 0.571. The second kappa shape index (κ2) is 6.79. The highest BCUT2D eigenvalue weighted by Gasteiger charge is 2.57. The minimum Gasteiger partial charge on any atom is -0.378 e. The number of anilines is 1. The number of hydrogen-bond acceptors (Lipinski definition) is 5. The lowest BCUT2D eigenvalue weighted by Gasteiger charge is -2.24. The lowest BCUT2D eigenvalue weighted by atomic mass is 9.90. The maximum Gasteiger partial charge on any atom is 0.248 e. The number of nitrogens with one attached hydrogen (secondary N) is 1. The van der Waals surface area contributed by atoms with Crippen molar-refractivity contribution in [2.45, 2.75) is 18.6 Å². The molecule has 0 saturated carbocycles. The molecule has 2 aromatic rings. The van der Waals surface area contributed by atoms with Crippen LogP contribution in [0.4, 0.5) is 5.69 Å². The standard InChI is InChI=1S/C21H24N4O2/c1-23(2)16-11-9-15(10-12-16)18-17-19(21(27)24(3)20(17)26)25(22-18)13-14-7-5-4-6-8-14/h4-12,17-19,22H,13H2,1-3H3/t17-,18-,19-/m1/s1. The van der Waals surface area contributed by atoms with Gasteiger partial charge in [-0.05, 0) is 23.3 Å². The Labute approximate surface area is 159 Å². The van der Waals surface area contributed by atoms with Gasteiger partial charge < -0.3 is 4.90 Å². The van der Waals surface area contributed by atoms with Crippen molar-refractivity contribution in [3.63, 3.8) is 0 Å². The second-order valence-electron chi connectivity index (χ2n) is 7.41. The van der Waals surface area contributed by atoms with Crippen molar-refractivity contribution in [1.82, 2.24) is 15.3 Å². The zero-order valence-corrected chi connectivity index (χ0v) is 15.8. The topological polar surface area (TPSA) is 55.9 Å². The van der Waals surface area contributed by atoms with Gasteiger partial charge in [0.1, 0.15) is 6.04 Å². The van der Waals surface area contributed by atoms with Crippen LogP contribution in [0.25, 0.3) is 0 Å². The Morgan fingerprint density at radius 2 is 1.63 bits per heavy atom. The Bertz CT molecular complexity index is 850. The Hall–Kier alpha value is -2.70. The second-order valence-corrected chi connectivity index (χ2v) is 7.41. The monoisotopic (exact) mass is 364 g/mol. The number of amides is 2. The highest BCUT2D eigenvalue weighted by atomic mass is 16.2. The Kier molecular flexibility index (Phi) is 4.45. The smallest absolute Gasteiger partial charge is 0.248 e. The van der Waals surface area contributed by atoms with Gasteiger partial charge in [0.25, 0.3) is 0 Å². The third kappa shape index (κ3) is 3.01. The van der Waals surface area contributed by atoms with E-state index in [1.807, 2.05) is 78.6 Å². The molecular formula is C21H24N4O2. The van der Waals surface area contributed by atoms with E-state index in [2.05, 4.69) is 5.43 Å². The summed E-state index contributed by atoms with van der Waals surface area (Å²) in [4.78, 5) is 28.8. The molecule has 0 aromatic heterocycles. The van der Waals surface area contributed by atoms with Crippen LogP contribution < -0.4 is 10.3 Å². The van der Waals surface area contributed by atoms with Crippen molar-refractivity contribution in [1.29, 1.82) is 0 Å². The van der Waals surface area contributed by atoms with Gasteiger partial charge in [0.2, 0.25) is 11.8 Å². The SMILES string of the molecule is CN1C(=O)[C@@H]2[C@@H](c3ccc(N(C)C)cc3)NN(Cc3ccccc3)[C@H]2C1=O. The first-order valence-corrected chi connectivity index (χ1v) is 9.13. The normalized spacial score (nSPS) is 25.1. The van der Waals surface area contributed by atoms with Gasteiger partial charge in [-0.1, -0.05) is 42.5 Å². The molecule has 0 aliphatic carbocycles. The fourth-order valence-corrected chi connectivity index (χ4v) is 4.00. The Morgan fingerprint density at radius 1 is 0.963 bits per heavy atom. The minimum atomic E-state index is -0.471. The van der Waals surface area contributed by atoms with Crippen LogP contribution in [0.5, 0.6) is 0 Å². The van der Waals surface area contributed by atoms with E-state index in [0.717, 1.165) is 16.8 Å². The zero-order chi connectivity index (χ0) is 19.1. The summed E-state index contributed by atoms with van der Waals surface area (Å²) in [5.41, 5.74) is 6.65. The number of benzene rings is 2. The number of hydrogen-bond donors (Lipinski definition) is 1. The third-order valence-electron chi connectivity index (χ3n) is 5.50. The number of fused-ring (bicyclic) bond motifs is 1. The molecule has 0 spiro atoms. The molecule has 4 rings (SSSR count). The molecule has 2 aliphatic heterocycles. The number of likely N-dealkylation sites (tertiary alicyclic amines) is 1. The predicted octanol–water partition coefficient (Wildman–Crippen LogP) is 1.80. The van der Waals surface area contributed by atoms with Crippen molar-refractivity contribution >= 4 is 17.5 Å². The van der Waals surface area contributed by atoms with Crippen LogP contribution in [0.1, 0.15) is 17.2 Å². The van der Waals surface area contributed by atoms with E-state index in [1.54, 1.807) is 7.05 Å². The highest BCUT2D eigenvalue weighted by Crippen LogP contribution is 2.40. The summed E-state index contributed by atoms with van der Waals surface area (Å²) in [7, 11) is 5.57. The van der Waals surface area contributed by atoms with Gasteiger partial charge in [-0.3, -0.25) is 14.5 Å². The van der Waals surface area contributed by atoms with Gasteiger partial charge in [0, 0.05) is 33.4 Å². The molecule has 0 radical (unpaired) electrons. The molecule has 2 fully saturated rings. The Balaban J connectivity index is 1.66. The molecule has 27 heavy (non-hydrogen) atoms. The summed E-state index contributed by atoms with van der Waals surface area (Å²) in [5, 5.41) is 1.92. The van der Waals surface area contributed by atoms with Crippen LogP contribution in [-0.4, -0.2) is 48.9 Å². The van der Waals surface area contributed by atoms with E-state index in [4.69, 9.17) is 0 Å². The molecule has 2 saturated heterocycles. The molecule has 0 unspecified atom stereocenters. The summed E-state index contributed by atoms with van der Waals surface area (Å²) < 4.78 is 0. The Morgan fingerprint density at radius 3 is 2.26 bits per heavy atom. The van der Waals surface area contributed by atoms with Crippen LogP contribution in [0.2, 0.25) is 0 Å². The van der Waals surface area contributed by atoms with E-state index in [0.29, 0.717) is 6.54 Å². The van der Waals surface area contributed by atoms with Gasteiger partial charge in [-0.25, -0.2) is 10.4 Å². The van der Waals surface area contributed by atoms with Gasteiger partial charge >= 0.3 is 0 Å². The molecule has 2 heterocycles. The molecule has 6 nitrogen and oxygen atoms in total. The van der Waals surface area contributed by atoms with Gasteiger partial charge in [-0.15, -0.1) is 0 Å². The van der Waals surface area contributed by atoms with Crippen molar-refractivity contribution in [3.05, 3.63) is 65.7 Å². The van der Waals surface area contributed by atoms with E-state index in [-0.39, 0.29) is 17.9 Å². The number of likely N-dealkylation sites (N-methyl/N-ethyl adjacent to an activating group) is 1. The summed E-state index contributed by atoms with van der Waals surface area (Å²) in [6.07, 6.45) is 0. The molecule has 1 N–H and O–H groups in total. The van der Waals surface area contributed by atoms with Gasteiger partial charge in [0.05, 0.1) is 12.0 Å². The van der Waals surface area contributed by atoms with Crippen molar-refractivity contribution in [2.24, 2.45) is 5.92 Å². The van der Waals surface area contributed by atoms with Crippen LogP contribution in [0.15, 0.2) is 54.6 Å². The fraction of sp³-hybridized carbons (Fsp3) is 0.333. The fourth-order valence-electron chi connectivity index (χ4n) is 4.00. The maximum absolute atomic E-state index is 12.8. The van der Waals surface area contributed by atoms with E-state index < -0.39 is 12.0 Å². The number of carbonyl (C=O) groups excluding carboxylic acids is 2. The summed E-state index contributed by atoms with van der Waals surface area (Å²) in [5.74, 6) is -0.660. The lowest BCUT2D eigenvalue weighted by Crippen LogP contribution is -2.43. The molecule has 2 amide bonds. The number of rotatable bonds is 4. The molecular weight excluding hydrogens is 340 g/mol. The molecule has 2 aromatic carbocycles. The van der Waals surface area contributed by atoms with Crippen LogP contribution in [0.3, 0.4) is 0 Å². The van der Waals surface area contributed by atoms with Crippen molar-refractivity contribution < 1.29 is 9.59 Å². The quantitative estimate of drug-likeness (QED) is 0.839. The first kappa shape index (κ1) is 17.7. The van der Waals surface area contributed by atoms with Crippen LogP contribution in [-0.2, 0) is 16.1 Å². The predicted molar refractivity (Wildman–Crippen MR) is 104 cm³/mol. The molecule has 0 bridgehead atoms. The van der Waals surface area contributed by atoms with E-state index in [9.17, 15) is 9.59 Å². The highest BCUT2D eigenvalue weighted by molar-refractivity contribution is 6.07. The first-order valence-electron chi connectivity index (χ1n) is 9.13. The molecule has 6 heteroatoms. The average molecular weight is 364 g/mol.